The van der Waals surface area contributed by atoms with Crippen LogP contribution in [0.4, 0.5) is 0 Å². The molecule has 0 bridgehead atoms. The molecule has 5 nitrogen and oxygen atoms in total. The van der Waals surface area contributed by atoms with Gasteiger partial charge in [-0.15, -0.1) is 12.4 Å². The summed E-state index contributed by atoms with van der Waals surface area (Å²) in [7, 11) is 3.13. The van der Waals surface area contributed by atoms with Gasteiger partial charge in [-0.25, -0.2) is 0 Å². The molecular weight excluding hydrogens is 340 g/mol. The molecule has 0 aliphatic carbocycles. The van der Waals surface area contributed by atoms with E-state index in [1.165, 1.54) is 11.1 Å². The molecule has 1 unspecified atom stereocenters. The number of nitrogens with one attached hydrogen (secondary N) is 2. The summed E-state index contributed by atoms with van der Waals surface area (Å²) in [6, 6.07) is 13.7. The zero-order valence-corrected chi connectivity index (χ0v) is 15.2. The van der Waals surface area contributed by atoms with E-state index in [1.807, 2.05) is 6.07 Å². The highest BCUT2D eigenvalue weighted by Crippen LogP contribution is 2.25. The SMILES string of the molecule is COc1ccc(OC)c(C(=O)NCC2NCCc3ccccc32)c1.Cl. The fourth-order valence-electron chi connectivity index (χ4n) is 3.06. The average Bonchev–Trinajstić information content (AvgIpc) is 2.65. The van der Waals surface area contributed by atoms with Gasteiger partial charge in [-0.2, -0.15) is 0 Å². The lowest BCUT2D eigenvalue weighted by Gasteiger charge is -2.27. The summed E-state index contributed by atoms with van der Waals surface area (Å²) in [5.41, 5.74) is 3.07. The minimum atomic E-state index is -0.171. The van der Waals surface area contributed by atoms with Gasteiger partial charge in [0, 0.05) is 12.6 Å². The zero-order chi connectivity index (χ0) is 16.9. The maximum atomic E-state index is 12.6. The Morgan fingerprint density at radius 3 is 2.76 bits per heavy atom. The largest absolute Gasteiger partial charge is 0.497 e. The van der Waals surface area contributed by atoms with Gasteiger partial charge in [-0.05, 0) is 42.3 Å². The van der Waals surface area contributed by atoms with Crippen LogP contribution in [0.2, 0.25) is 0 Å². The van der Waals surface area contributed by atoms with Crippen molar-refractivity contribution < 1.29 is 14.3 Å². The molecule has 0 saturated carbocycles. The van der Waals surface area contributed by atoms with E-state index in [0.29, 0.717) is 23.6 Å². The molecule has 25 heavy (non-hydrogen) atoms. The van der Waals surface area contributed by atoms with Crippen molar-refractivity contribution in [3.05, 3.63) is 59.2 Å². The number of benzene rings is 2. The highest BCUT2D eigenvalue weighted by Gasteiger charge is 2.21. The van der Waals surface area contributed by atoms with Crippen LogP contribution < -0.4 is 20.1 Å². The van der Waals surface area contributed by atoms with Crippen LogP contribution in [0.1, 0.15) is 27.5 Å². The van der Waals surface area contributed by atoms with Gasteiger partial charge in [0.25, 0.3) is 5.91 Å². The molecule has 0 radical (unpaired) electrons. The summed E-state index contributed by atoms with van der Waals surface area (Å²) < 4.78 is 10.5. The highest BCUT2D eigenvalue weighted by atomic mass is 35.5. The Morgan fingerprint density at radius 1 is 1.20 bits per heavy atom. The van der Waals surface area contributed by atoms with Gasteiger partial charge in [0.05, 0.1) is 19.8 Å². The Bertz CT molecular complexity index is 736. The van der Waals surface area contributed by atoms with Gasteiger partial charge in [0.2, 0.25) is 0 Å². The minimum Gasteiger partial charge on any atom is -0.497 e. The first-order valence-corrected chi connectivity index (χ1v) is 8.04. The van der Waals surface area contributed by atoms with Crippen LogP contribution >= 0.6 is 12.4 Å². The second-order valence-corrected chi connectivity index (χ2v) is 5.73. The molecule has 134 valence electrons. The van der Waals surface area contributed by atoms with E-state index in [1.54, 1.807) is 32.4 Å². The minimum absolute atomic E-state index is 0. The number of halogens is 1. The van der Waals surface area contributed by atoms with Crippen LogP contribution in [0.3, 0.4) is 0 Å². The molecule has 0 spiro atoms. The molecule has 1 aliphatic heterocycles. The molecule has 0 fully saturated rings. The van der Waals surface area contributed by atoms with E-state index in [2.05, 4.69) is 28.8 Å². The van der Waals surface area contributed by atoms with Crippen LogP contribution in [0.15, 0.2) is 42.5 Å². The van der Waals surface area contributed by atoms with Crippen molar-refractivity contribution in [2.45, 2.75) is 12.5 Å². The monoisotopic (exact) mass is 362 g/mol. The predicted molar refractivity (Wildman–Crippen MR) is 100 cm³/mol. The van der Waals surface area contributed by atoms with Crippen LogP contribution in [0, 0.1) is 0 Å². The number of carbonyl (C=O) groups excluding carboxylic acids is 1. The smallest absolute Gasteiger partial charge is 0.255 e. The maximum Gasteiger partial charge on any atom is 0.255 e. The number of hydrogen-bond donors (Lipinski definition) is 2. The summed E-state index contributed by atoms with van der Waals surface area (Å²) in [4.78, 5) is 12.6. The van der Waals surface area contributed by atoms with Gasteiger partial charge in [-0.1, -0.05) is 24.3 Å². The Balaban J connectivity index is 0.00000225. The van der Waals surface area contributed by atoms with Gasteiger partial charge in [-0.3, -0.25) is 4.79 Å². The predicted octanol–water partition coefficient (Wildman–Crippen LogP) is 2.74. The zero-order valence-electron chi connectivity index (χ0n) is 14.4. The molecular formula is C19H23ClN2O3. The Morgan fingerprint density at radius 2 is 2.00 bits per heavy atom. The van der Waals surface area contributed by atoms with Gasteiger partial charge in [0.1, 0.15) is 11.5 Å². The molecule has 2 aromatic rings. The maximum absolute atomic E-state index is 12.6. The van der Waals surface area contributed by atoms with Crippen molar-refractivity contribution in [1.29, 1.82) is 0 Å². The third-order valence-electron chi connectivity index (χ3n) is 4.33. The topological polar surface area (TPSA) is 59.6 Å². The van der Waals surface area contributed by atoms with Gasteiger partial charge >= 0.3 is 0 Å². The quantitative estimate of drug-likeness (QED) is 0.858. The van der Waals surface area contributed by atoms with Crippen LogP contribution in [-0.2, 0) is 6.42 Å². The third kappa shape index (κ3) is 4.24. The lowest BCUT2D eigenvalue weighted by molar-refractivity contribution is 0.0945. The molecule has 1 heterocycles. The normalized spacial score (nSPS) is 15.5. The van der Waals surface area contributed by atoms with E-state index in [-0.39, 0.29) is 24.4 Å². The van der Waals surface area contributed by atoms with Crippen molar-refractivity contribution in [3.8, 4) is 11.5 Å². The fraction of sp³-hybridized carbons (Fsp3) is 0.316. The van der Waals surface area contributed by atoms with Crippen molar-refractivity contribution in [1.82, 2.24) is 10.6 Å². The number of fused-ring (bicyclic) bond motifs is 1. The Labute approximate surface area is 154 Å². The average molecular weight is 363 g/mol. The Kier molecular flexibility index (Phi) is 6.67. The summed E-state index contributed by atoms with van der Waals surface area (Å²) in [5, 5.41) is 6.46. The summed E-state index contributed by atoms with van der Waals surface area (Å²) >= 11 is 0. The summed E-state index contributed by atoms with van der Waals surface area (Å²) in [6.07, 6.45) is 1.02. The first-order valence-electron chi connectivity index (χ1n) is 8.04. The van der Waals surface area contributed by atoms with Crippen molar-refractivity contribution in [2.75, 3.05) is 27.3 Å². The number of rotatable bonds is 5. The van der Waals surface area contributed by atoms with Crippen LogP contribution in [0.25, 0.3) is 0 Å². The van der Waals surface area contributed by atoms with Gasteiger partial charge in [0.15, 0.2) is 0 Å². The number of amides is 1. The number of ether oxygens (including phenoxy) is 2. The molecule has 1 atom stereocenters. The molecule has 2 N–H and O–H groups in total. The first kappa shape index (κ1) is 19.1. The standard InChI is InChI=1S/C19H22N2O3.ClH/c1-23-14-7-8-18(24-2)16(11-14)19(22)21-12-17-15-6-4-3-5-13(15)9-10-20-17;/h3-8,11,17,20H,9-10,12H2,1-2H3,(H,21,22);1H. The van der Waals surface area contributed by atoms with E-state index in [4.69, 9.17) is 9.47 Å². The van der Waals surface area contributed by atoms with Crippen molar-refractivity contribution in [3.63, 3.8) is 0 Å². The van der Waals surface area contributed by atoms with E-state index in [0.717, 1.165) is 13.0 Å². The van der Waals surface area contributed by atoms with Crippen molar-refractivity contribution >= 4 is 18.3 Å². The number of hydrogen-bond acceptors (Lipinski definition) is 4. The van der Waals surface area contributed by atoms with Crippen LogP contribution in [0.5, 0.6) is 11.5 Å². The molecule has 0 saturated heterocycles. The lowest BCUT2D eigenvalue weighted by atomic mass is 9.94. The van der Waals surface area contributed by atoms with E-state index >= 15 is 0 Å². The number of methoxy groups -OCH3 is 2. The summed E-state index contributed by atoms with van der Waals surface area (Å²) in [6.45, 7) is 1.44. The second kappa shape index (κ2) is 8.74. The Hall–Kier alpha value is -2.24. The lowest BCUT2D eigenvalue weighted by Crippen LogP contribution is -2.38. The molecule has 3 rings (SSSR count). The van der Waals surface area contributed by atoms with E-state index in [9.17, 15) is 4.79 Å². The third-order valence-corrected chi connectivity index (χ3v) is 4.33. The highest BCUT2D eigenvalue weighted by molar-refractivity contribution is 5.97. The molecule has 1 aliphatic rings. The molecule has 2 aromatic carbocycles. The second-order valence-electron chi connectivity index (χ2n) is 5.73. The molecule has 1 amide bonds. The summed E-state index contributed by atoms with van der Waals surface area (Å²) in [5.74, 6) is 0.989. The van der Waals surface area contributed by atoms with Gasteiger partial charge < -0.3 is 20.1 Å². The van der Waals surface area contributed by atoms with Crippen LogP contribution in [-0.4, -0.2) is 33.2 Å². The molecule has 6 heteroatoms. The van der Waals surface area contributed by atoms with E-state index < -0.39 is 0 Å². The number of carbonyl (C=O) groups is 1. The van der Waals surface area contributed by atoms with Crippen molar-refractivity contribution in [2.24, 2.45) is 0 Å². The fourth-order valence-corrected chi connectivity index (χ4v) is 3.06. The first-order chi connectivity index (χ1) is 11.7. The molecule has 0 aromatic heterocycles.